The van der Waals surface area contributed by atoms with Crippen LogP contribution in [-0.4, -0.2) is 42.0 Å². The summed E-state index contributed by atoms with van der Waals surface area (Å²) in [6.07, 6.45) is 10.6. The van der Waals surface area contributed by atoms with Gasteiger partial charge in [0.2, 0.25) is 6.41 Å². The fourth-order valence-electron chi connectivity index (χ4n) is 4.74. The summed E-state index contributed by atoms with van der Waals surface area (Å²) < 4.78 is 0. The fraction of sp³-hybridized carbons (Fsp3) is 0.682. The number of hydrogen-bond acceptors (Lipinski definition) is 4. The second-order valence-corrected chi connectivity index (χ2v) is 8.27. The molecule has 2 aliphatic rings. The number of rotatable bonds is 6. The molecule has 0 radical (unpaired) electrons. The Labute approximate surface area is 163 Å². The number of amides is 1. The Bertz CT molecular complexity index is 690. The van der Waals surface area contributed by atoms with E-state index in [0.29, 0.717) is 17.5 Å². The van der Waals surface area contributed by atoms with Crippen LogP contribution in [0.3, 0.4) is 0 Å². The first-order chi connectivity index (χ1) is 13.1. The van der Waals surface area contributed by atoms with Crippen LogP contribution in [0, 0.1) is 31.1 Å². The van der Waals surface area contributed by atoms with Crippen molar-refractivity contribution in [3.8, 4) is 6.07 Å². The molecule has 1 aromatic heterocycles. The van der Waals surface area contributed by atoms with Gasteiger partial charge >= 0.3 is 0 Å². The number of pyridine rings is 1. The molecule has 0 bridgehead atoms. The summed E-state index contributed by atoms with van der Waals surface area (Å²) in [5.74, 6) is 1.40. The summed E-state index contributed by atoms with van der Waals surface area (Å²) in [6.45, 7) is 6.73. The highest BCUT2D eigenvalue weighted by Gasteiger charge is 2.26. The number of carbonyl (C=O) groups is 1. The van der Waals surface area contributed by atoms with Crippen molar-refractivity contribution < 1.29 is 4.79 Å². The standard InChI is InChI=1S/C22H32N4O/c1-17-13-18(2)24-22(21(17)14-23)25-11-6-7-19(15-25)10-12-26(16-27)20-8-4-3-5-9-20/h13,16,19-20H,3-12,15H2,1-2H3. The minimum atomic E-state index is 0.447. The highest BCUT2D eigenvalue weighted by atomic mass is 16.1. The van der Waals surface area contributed by atoms with Crippen LogP contribution in [0.25, 0.3) is 0 Å². The molecule has 1 amide bonds. The molecule has 27 heavy (non-hydrogen) atoms. The average Bonchev–Trinajstić information content (AvgIpc) is 2.69. The maximum atomic E-state index is 11.6. The molecule has 2 fully saturated rings. The Kier molecular flexibility index (Phi) is 6.71. The molecule has 0 spiro atoms. The molecule has 146 valence electrons. The van der Waals surface area contributed by atoms with Crippen molar-refractivity contribution in [2.45, 2.75) is 71.3 Å². The first-order valence-electron chi connectivity index (χ1n) is 10.5. The average molecular weight is 369 g/mol. The number of anilines is 1. The van der Waals surface area contributed by atoms with Crippen molar-refractivity contribution in [1.29, 1.82) is 5.26 Å². The predicted molar refractivity (Wildman–Crippen MR) is 108 cm³/mol. The minimum Gasteiger partial charge on any atom is -0.355 e. The van der Waals surface area contributed by atoms with Gasteiger partial charge < -0.3 is 9.80 Å². The predicted octanol–water partition coefficient (Wildman–Crippen LogP) is 3.97. The van der Waals surface area contributed by atoms with Gasteiger partial charge in [0, 0.05) is 31.4 Å². The molecule has 1 saturated carbocycles. The second kappa shape index (κ2) is 9.21. The van der Waals surface area contributed by atoms with E-state index in [0.717, 1.165) is 68.8 Å². The van der Waals surface area contributed by atoms with Crippen LogP contribution in [0.4, 0.5) is 5.82 Å². The normalized spacial score (nSPS) is 20.9. The largest absolute Gasteiger partial charge is 0.355 e. The number of hydrogen-bond donors (Lipinski definition) is 0. The Balaban J connectivity index is 1.63. The molecule has 5 nitrogen and oxygen atoms in total. The van der Waals surface area contributed by atoms with E-state index in [1.807, 2.05) is 24.8 Å². The van der Waals surface area contributed by atoms with Gasteiger partial charge in [-0.1, -0.05) is 19.3 Å². The van der Waals surface area contributed by atoms with E-state index >= 15 is 0 Å². The van der Waals surface area contributed by atoms with Crippen LogP contribution in [-0.2, 0) is 4.79 Å². The monoisotopic (exact) mass is 368 g/mol. The zero-order valence-electron chi connectivity index (χ0n) is 16.8. The molecule has 3 rings (SSSR count). The molecule has 1 saturated heterocycles. The molecule has 1 atom stereocenters. The summed E-state index contributed by atoms with van der Waals surface area (Å²) in [7, 11) is 0. The van der Waals surface area contributed by atoms with Crippen molar-refractivity contribution in [1.82, 2.24) is 9.88 Å². The Hall–Kier alpha value is -2.09. The second-order valence-electron chi connectivity index (χ2n) is 8.27. The smallest absolute Gasteiger partial charge is 0.209 e. The van der Waals surface area contributed by atoms with Crippen LogP contribution >= 0.6 is 0 Å². The van der Waals surface area contributed by atoms with Gasteiger partial charge in [0.05, 0.1) is 5.56 Å². The van der Waals surface area contributed by atoms with Gasteiger partial charge in [-0.2, -0.15) is 5.26 Å². The zero-order valence-corrected chi connectivity index (χ0v) is 16.8. The Morgan fingerprint density at radius 3 is 2.74 bits per heavy atom. The van der Waals surface area contributed by atoms with E-state index in [4.69, 9.17) is 0 Å². The van der Waals surface area contributed by atoms with Crippen molar-refractivity contribution in [2.24, 2.45) is 5.92 Å². The summed E-state index contributed by atoms with van der Waals surface area (Å²) in [6, 6.07) is 4.78. The molecule has 5 heteroatoms. The van der Waals surface area contributed by atoms with E-state index in [2.05, 4.69) is 16.0 Å². The van der Waals surface area contributed by atoms with E-state index < -0.39 is 0 Å². The van der Waals surface area contributed by atoms with Crippen molar-refractivity contribution in [3.63, 3.8) is 0 Å². The van der Waals surface area contributed by atoms with Crippen molar-refractivity contribution in [3.05, 3.63) is 22.9 Å². The van der Waals surface area contributed by atoms with Gasteiger partial charge in [-0.15, -0.1) is 0 Å². The summed E-state index contributed by atoms with van der Waals surface area (Å²) in [5, 5.41) is 9.58. The molecular formula is C22H32N4O. The lowest BCUT2D eigenvalue weighted by Gasteiger charge is -2.36. The molecule has 0 N–H and O–H groups in total. The van der Waals surface area contributed by atoms with Crippen molar-refractivity contribution >= 4 is 12.2 Å². The van der Waals surface area contributed by atoms with E-state index in [1.54, 1.807) is 0 Å². The van der Waals surface area contributed by atoms with Crippen LogP contribution in [0.5, 0.6) is 0 Å². The van der Waals surface area contributed by atoms with E-state index in [9.17, 15) is 10.1 Å². The number of nitrogens with zero attached hydrogens (tertiary/aromatic N) is 4. The molecule has 1 aromatic rings. The zero-order chi connectivity index (χ0) is 19.2. The Morgan fingerprint density at radius 2 is 2.04 bits per heavy atom. The molecule has 1 aliphatic carbocycles. The topological polar surface area (TPSA) is 60.2 Å². The number of aryl methyl sites for hydroxylation is 2. The van der Waals surface area contributed by atoms with Crippen molar-refractivity contribution in [2.75, 3.05) is 24.5 Å². The van der Waals surface area contributed by atoms with Crippen LogP contribution in [0.1, 0.15) is 68.2 Å². The molecule has 0 aromatic carbocycles. The SMILES string of the molecule is Cc1cc(C)c(C#N)c(N2CCCC(CCN(C=O)C3CCCCC3)C2)n1. The lowest BCUT2D eigenvalue weighted by molar-refractivity contribution is -0.121. The third kappa shape index (κ3) is 4.80. The molecule has 2 heterocycles. The number of carbonyl (C=O) groups excluding carboxylic acids is 1. The molecule has 1 unspecified atom stereocenters. The summed E-state index contributed by atoms with van der Waals surface area (Å²) >= 11 is 0. The summed E-state index contributed by atoms with van der Waals surface area (Å²) in [4.78, 5) is 20.6. The maximum Gasteiger partial charge on any atom is 0.209 e. The van der Waals surface area contributed by atoms with Crippen LogP contribution < -0.4 is 4.90 Å². The van der Waals surface area contributed by atoms with E-state index in [-0.39, 0.29) is 0 Å². The quantitative estimate of drug-likeness (QED) is 0.713. The third-order valence-electron chi connectivity index (χ3n) is 6.23. The van der Waals surface area contributed by atoms with E-state index in [1.165, 1.54) is 25.7 Å². The number of aromatic nitrogens is 1. The first kappa shape index (κ1) is 19.7. The van der Waals surface area contributed by atoms with Gasteiger partial charge in [-0.05, 0) is 63.5 Å². The van der Waals surface area contributed by atoms with Gasteiger partial charge in [0.1, 0.15) is 11.9 Å². The highest BCUT2D eigenvalue weighted by molar-refractivity contribution is 5.58. The van der Waals surface area contributed by atoms with Gasteiger partial charge in [-0.25, -0.2) is 4.98 Å². The lowest BCUT2D eigenvalue weighted by Crippen LogP contribution is -2.40. The molecular weight excluding hydrogens is 336 g/mol. The van der Waals surface area contributed by atoms with Gasteiger partial charge in [0.25, 0.3) is 0 Å². The van der Waals surface area contributed by atoms with Gasteiger partial charge in [-0.3, -0.25) is 4.79 Å². The fourth-order valence-corrected chi connectivity index (χ4v) is 4.74. The first-order valence-corrected chi connectivity index (χ1v) is 10.5. The lowest BCUT2D eigenvalue weighted by atomic mass is 9.92. The number of nitriles is 1. The molecule has 1 aliphatic heterocycles. The minimum absolute atomic E-state index is 0.447. The van der Waals surface area contributed by atoms with Crippen LogP contribution in [0.2, 0.25) is 0 Å². The maximum absolute atomic E-state index is 11.6. The third-order valence-corrected chi connectivity index (χ3v) is 6.23. The van der Waals surface area contributed by atoms with Crippen LogP contribution in [0.15, 0.2) is 6.07 Å². The summed E-state index contributed by atoms with van der Waals surface area (Å²) in [5.41, 5.74) is 2.68. The number of piperidine rings is 1. The van der Waals surface area contributed by atoms with Gasteiger partial charge in [0.15, 0.2) is 0 Å². The Morgan fingerprint density at radius 1 is 1.26 bits per heavy atom. The highest BCUT2D eigenvalue weighted by Crippen LogP contribution is 2.29.